The second-order valence-electron chi connectivity index (χ2n) is 8.94. The molecule has 0 bridgehead atoms. The van der Waals surface area contributed by atoms with Gasteiger partial charge in [0.05, 0.1) is 5.60 Å². The Hall–Kier alpha value is -0.850. The third-order valence-electron chi connectivity index (χ3n) is 8.24. The smallest absolute Gasteiger partial charge is 0.135 e. The van der Waals surface area contributed by atoms with Crippen molar-refractivity contribution in [2.45, 2.75) is 75.9 Å². The van der Waals surface area contributed by atoms with Crippen LogP contribution in [0.3, 0.4) is 0 Å². The van der Waals surface area contributed by atoms with Crippen LogP contribution in [0.2, 0.25) is 0 Å². The van der Waals surface area contributed by atoms with Crippen molar-refractivity contribution < 1.29 is 15.0 Å². The van der Waals surface area contributed by atoms with Gasteiger partial charge in [-0.1, -0.05) is 12.8 Å². The molecule has 0 saturated heterocycles. The summed E-state index contributed by atoms with van der Waals surface area (Å²) >= 11 is 0. The normalized spacial score (nSPS) is 55.5. The fraction of sp³-hybridized carbons (Fsp3) is 0.850. The minimum absolute atomic E-state index is 0.178. The second-order valence-corrected chi connectivity index (χ2v) is 8.94. The van der Waals surface area contributed by atoms with Gasteiger partial charge in [-0.3, -0.25) is 4.79 Å². The molecule has 0 aromatic rings. The van der Waals surface area contributed by atoms with Crippen LogP contribution in [0, 0.1) is 41.4 Å². The number of fused-ring (bicyclic) bond motifs is 5. The van der Waals surface area contributed by atoms with Crippen molar-refractivity contribution in [3.05, 3.63) is 0 Å². The molecule has 0 heterocycles. The van der Waals surface area contributed by atoms with E-state index in [2.05, 4.69) is 12.8 Å². The van der Waals surface area contributed by atoms with Crippen molar-refractivity contribution in [2.75, 3.05) is 0 Å². The largest absolute Gasteiger partial charge is 0.389 e. The lowest BCUT2D eigenvalue weighted by molar-refractivity contribution is -0.168. The van der Waals surface area contributed by atoms with E-state index in [9.17, 15) is 15.0 Å². The molecule has 0 spiro atoms. The van der Waals surface area contributed by atoms with E-state index in [1.807, 2.05) is 0 Å². The summed E-state index contributed by atoms with van der Waals surface area (Å²) in [5.74, 6) is 4.71. The summed E-state index contributed by atoms with van der Waals surface area (Å²) in [6, 6.07) is 0. The van der Waals surface area contributed by atoms with E-state index in [4.69, 9.17) is 6.42 Å². The summed E-state index contributed by atoms with van der Waals surface area (Å²) in [7, 11) is 0. The average molecular weight is 316 g/mol. The third-order valence-corrected chi connectivity index (χ3v) is 8.24. The van der Waals surface area contributed by atoms with E-state index in [-0.39, 0.29) is 17.1 Å². The van der Waals surface area contributed by atoms with Gasteiger partial charge in [0.25, 0.3) is 0 Å². The first-order valence-corrected chi connectivity index (χ1v) is 9.27. The summed E-state index contributed by atoms with van der Waals surface area (Å²) < 4.78 is 0. The molecule has 0 aromatic heterocycles. The van der Waals surface area contributed by atoms with E-state index in [0.717, 1.165) is 38.5 Å². The molecule has 3 nitrogen and oxygen atoms in total. The molecule has 0 amide bonds. The minimum atomic E-state index is -0.959. The molecule has 4 aliphatic carbocycles. The van der Waals surface area contributed by atoms with Crippen LogP contribution in [0.5, 0.6) is 0 Å². The molecular formula is C20H28O3. The SMILES string of the molecule is C#C[C@@]1(O)CC[C@H]2[C@@H]3CC[C@@]4(O)CC(=O)CC[C@@H]4[C@H]3CC[C@@]21C. The highest BCUT2D eigenvalue weighted by Gasteiger charge is 2.64. The Morgan fingerprint density at radius 1 is 1.04 bits per heavy atom. The summed E-state index contributed by atoms with van der Waals surface area (Å²) in [4.78, 5) is 11.8. The van der Waals surface area contributed by atoms with Gasteiger partial charge in [0.2, 0.25) is 0 Å². The highest BCUT2D eigenvalue weighted by Crippen LogP contribution is 2.65. The van der Waals surface area contributed by atoms with Crippen molar-refractivity contribution in [2.24, 2.45) is 29.1 Å². The predicted molar refractivity (Wildman–Crippen MR) is 87.4 cm³/mol. The Morgan fingerprint density at radius 3 is 2.48 bits per heavy atom. The van der Waals surface area contributed by atoms with Crippen molar-refractivity contribution in [1.29, 1.82) is 0 Å². The average Bonchev–Trinajstić information content (AvgIpc) is 2.78. The number of carbonyl (C=O) groups excluding carboxylic acids is 1. The molecule has 7 atom stereocenters. The number of ketones is 1. The molecule has 0 aliphatic heterocycles. The van der Waals surface area contributed by atoms with Crippen LogP contribution in [0.25, 0.3) is 0 Å². The summed E-state index contributed by atoms with van der Waals surface area (Å²) in [5, 5.41) is 22.0. The lowest BCUT2D eigenvalue weighted by Gasteiger charge is -2.58. The number of aliphatic hydroxyl groups is 2. The lowest BCUT2D eigenvalue weighted by atomic mass is 9.48. The van der Waals surface area contributed by atoms with Crippen molar-refractivity contribution in [3.8, 4) is 12.3 Å². The van der Waals surface area contributed by atoms with Crippen LogP contribution < -0.4 is 0 Å². The summed E-state index contributed by atoms with van der Waals surface area (Å²) in [5.41, 5.74) is -1.90. The first kappa shape index (κ1) is 15.7. The highest BCUT2D eigenvalue weighted by atomic mass is 16.3. The molecule has 4 fully saturated rings. The van der Waals surface area contributed by atoms with Crippen LogP contribution in [0.1, 0.15) is 64.7 Å². The van der Waals surface area contributed by atoms with Gasteiger partial charge in [0, 0.05) is 18.3 Å². The standard InChI is InChI=1S/C20H28O3/c1-3-20(23)11-8-16-14-7-10-19(22)12-13(21)4-5-17(19)15(14)6-9-18(16,20)2/h1,14-17,22-23H,4-12H2,2H3/t14-,15+,16+,17-,18+,19-,20-/m1/s1. The van der Waals surface area contributed by atoms with Crippen LogP contribution in [0.4, 0.5) is 0 Å². The van der Waals surface area contributed by atoms with Crippen molar-refractivity contribution >= 4 is 5.78 Å². The monoisotopic (exact) mass is 316 g/mol. The Balaban J connectivity index is 1.64. The van der Waals surface area contributed by atoms with Crippen LogP contribution in [-0.4, -0.2) is 27.2 Å². The first-order chi connectivity index (χ1) is 10.8. The van der Waals surface area contributed by atoms with E-state index in [1.54, 1.807) is 0 Å². The van der Waals surface area contributed by atoms with Gasteiger partial charge < -0.3 is 10.2 Å². The number of Topliss-reactive ketones (excluding diaryl/α,β-unsaturated/α-hetero) is 1. The van der Waals surface area contributed by atoms with Gasteiger partial charge in [0.1, 0.15) is 11.4 Å². The number of hydrogen-bond donors (Lipinski definition) is 2. The van der Waals surface area contributed by atoms with Gasteiger partial charge in [-0.2, -0.15) is 0 Å². The quantitative estimate of drug-likeness (QED) is 0.676. The van der Waals surface area contributed by atoms with Gasteiger partial charge >= 0.3 is 0 Å². The molecular weight excluding hydrogens is 288 g/mol. The molecule has 2 N–H and O–H groups in total. The topological polar surface area (TPSA) is 57.5 Å². The maximum absolute atomic E-state index is 11.8. The number of terminal acetylenes is 1. The Kier molecular flexibility index (Phi) is 3.29. The van der Waals surface area contributed by atoms with Crippen molar-refractivity contribution in [1.82, 2.24) is 0 Å². The number of carbonyl (C=O) groups is 1. The number of hydrogen-bond acceptors (Lipinski definition) is 3. The van der Waals surface area contributed by atoms with Crippen LogP contribution >= 0.6 is 0 Å². The maximum Gasteiger partial charge on any atom is 0.135 e. The summed E-state index contributed by atoms with van der Waals surface area (Å²) in [6.07, 6.45) is 12.9. The molecule has 4 aliphatic rings. The fourth-order valence-electron chi connectivity index (χ4n) is 6.93. The molecule has 0 unspecified atom stereocenters. The zero-order valence-electron chi connectivity index (χ0n) is 14.1. The second kappa shape index (κ2) is 4.83. The van der Waals surface area contributed by atoms with E-state index in [1.165, 1.54) is 0 Å². The lowest BCUT2D eigenvalue weighted by Crippen LogP contribution is -2.58. The maximum atomic E-state index is 11.8. The van der Waals surface area contributed by atoms with E-state index < -0.39 is 11.2 Å². The Bertz CT molecular complexity index is 578. The number of rotatable bonds is 0. The molecule has 3 heteroatoms. The van der Waals surface area contributed by atoms with Gasteiger partial charge in [-0.25, -0.2) is 0 Å². The first-order valence-electron chi connectivity index (χ1n) is 9.27. The van der Waals surface area contributed by atoms with E-state index >= 15 is 0 Å². The van der Waals surface area contributed by atoms with Crippen LogP contribution in [-0.2, 0) is 4.79 Å². The molecule has 0 radical (unpaired) electrons. The summed E-state index contributed by atoms with van der Waals surface area (Å²) in [6.45, 7) is 2.19. The Morgan fingerprint density at radius 2 is 1.74 bits per heavy atom. The molecule has 126 valence electrons. The molecule has 23 heavy (non-hydrogen) atoms. The molecule has 4 rings (SSSR count). The zero-order chi connectivity index (χ0) is 16.5. The third kappa shape index (κ3) is 1.94. The zero-order valence-corrected chi connectivity index (χ0v) is 14.1. The van der Waals surface area contributed by atoms with Crippen molar-refractivity contribution in [3.63, 3.8) is 0 Å². The molecule has 0 aromatic carbocycles. The van der Waals surface area contributed by atoms with Crippen LogP contribution in [0.15, 0.2) is 0 Å². The van der Waals surface area contributed by atoms with Gasteiger partial charge in [-0.15, -0.1) is 6.42 Å². The minimum Gasteiger partial charge on any atom is -0.389 e. The predicted octanol–water partition coefficient (Wildman–Crippen LogP) is 2.69. The van der Waals surface area contributed by atoms with Gasteiger partial charge in [-0.05, 0) is 68.6 Å². The fourth-order valence-corrected chi connectivity index (χ4v) is 6.93. The Labute approximate surface area is 138 Å². The van der Waals surface area contributed by atoms with Gasteiger partial charge in [0.15, 0.2) is 0 Å². The molecule has 4 saturated carbocycles. The highest BCUT2D eigenvalue weighted by molar-refractivity contribution is 5.80. The van der Waals surface area contributed by atoms with E-state index in [0.29, 0.717) is 37.0 Å².